The van der Waals surface area contributed by atoms with Crippen molar-refractivity contribution in [1.29, 1.82) is 0 Å². The molecule has 0 aliphatic rings. The fourth-order valence-electron chi connectivity index (χ4n) is 2.33. The van der Waals surface area contributed by atoms with E-state index in [0.717, 1.165) is 18.9 Å². The Hall–Kier alpha value is -1.17. The Balaban J connectivity index is 2.82. The number of hydrogen-bond acceptors (Lipinski definition) is 5. The molecule has 1 rings (SSSR count). The Bertz CT molecular complexity index is 384. The molecule has 0 aromatic carbocycles. The van der Waals surface area contributed by atoms with Crippen LogP contribution in [0.1, 0.15) is 32.4 Å². The summed E-state index contributed by atoms with van der Waals surface area (Å²) in [5.74, 6) is 0.962. The summed E-state index contributed by atoms with van der Waals surface area (Å²) >= 11 is 0. The molecular weight excluding hydrogens is 266 g/mol. The highest BCUT2D eigenvalue weighted by molar-refractivity contribution is 5.41. The first-order valence-corrected chi connectivity index (χ1v) is 7.57. The van der Waals surface area contributed by atoms with Crippen LogP contribution in [0.5, 0.6) is 0 Å². The van der Waals surface area contributed by atoms with Crippen LogP contribution in [0.25, 0.3) is 0 Å². The monoisotopic (exact) mass is 295 g/mol. The molecule has 1 heterocycles. The molecule has 1 N–H and O–H groups in total. The number of pyridine rings is 1. The second kappa shape index (κ2) is 9.71. The van der Waals surface area contributed by atoms with Crippen LogP contribution in [-0.2, 0) is 9.47 Å². The Morgan fingerprint density at radius 3 is 2.52 bits per heavy atom. The predicted octanol–water partition coefficient (Wildman–Crippen LogP) is 2.24. The first kappa shape index (κ1) is 17.9. The van der Waals surface area contributed by atoms with E-state index in [1.165, 1.54) is 5.56 Å². The van der Waals surface area contributed by atoms with Gasteiger partial charge in [-0.3, -0.25) is 0 Å². The lowest BCUT2D eigenvalue weighted by Gasteiger charge is -2.30. The van der Waals surface area contributed by atoms with Gasteiger partial charge in [-0.1, -0.05) is 13.0 Å². The van der Waals surface area contributed by atoms with Gasteiger partial charge in [0.05, 0.1) is 19.3 Å². The van der Waals surface area contributed by atoms with Gasteiger partial charge < -0.3 is 19.7 Å². The van der Waals surface area contributed by atoms with Crippen molar-refractivity contribution in [3.05, 3.63) is 23.9 Å². The number of rotatable bonds is 10. The zero-order valence-corrected chi connectivity index (χ0v) is 13.9. The third-order valence-corrected chi connectivity index (χ3v) is 3.55. The van der Waals surface area contributed by atoms with Gasteiger partial charge in [-0.2, -0.15) is 0 Å². The van der Waals surface area contributed by atoms with E-state index in [9.17, 15) is 0 Å². The standard InChI is InChI=1S/C16H29N3O2/c1-6-17-14(3)15-7-8-16(18-11-15)19(9-10-20-4)13(2)12-21-5/h7-8,11,13-14,17H,6,9-10,12H2,1-5H3. The average Bonchev–Trinajstić information content (AvgIpc) is 2.49. The molecule has 5 heteroatoms. The molecule has 2 unspecified atom stereocenters. The number of hydrogen-bond donors (Lipinski definition) is 1. The van der Waals surface area contributed by atoms with E-state index in [4.69, 9.17) is 9.47 Å². The molecule has 0 saturated carbocycles. The van der Waals surface area contributed by atoms with Crippen molar-refractivity contribution in [2.24, 2.45) is 0 Å². The normalized spacial score (nSPS) is 14.0. The lowest BCUT2D eigenvalue weighted by Crippen LogP contribution is -2.39. The van der Waals surface area contributed by atoms with Crippen LogP contribution in [0.15, 0.2) is 18.3 Å². The molecule has 0 spiro atoms. The Kier molecular flexibility index (Phi) is 8.27. The van der Waals surface area contributed by atoms with Crippen molar-refractivity contribution in [2.45, 2.75) is 32.9 Å². The maximum absolute atomic E-state index is 5.26. The molecule has 1 aromatic rings. The highest BCUT2D eigenvalue weighted by Crippen LogP contribution is 2.18. The summed E-state index contributed by atoms with van der Waals surface area (Å²) in [6, 6.07) is 4.79. The Morgan fingerprint density at radius 2 is 2.00 bits per heavy atom. The van der Waals surface area contributed by atoms with Crippen molar-refractivity contribution in [3.8, 4) is 0 Å². The molecule has 0 bridgehead atoms. The number of aromatic nitrogens is 1. The number of nitrogens with zero attached hydrogens (tertiary/aromatic N) is 2. The fourth-order valence-corrected chi connectivity index (χ4v) is 2.33. The fraction of sp³-hybridized carbons (Fsp3) is 0.688. The van der Waals surface area contributed by atoms with Gasteiger partial charge >= 0.3 is 0 Å². The minimum atomic E-state index is 0.259. The number of methoxy groups -OCH3 is 2. The van der Waals surface area contributed by atoms with Crippen molar-refractivity contribution in [3.63, 3.8) is 0 Å². The Morgan fingerprint density at radius 1 is 1.24 bits per heavy atom. The van der Waals surface area contributed by atoms with Gasteiger partial charge in [0.1, 0.15) is 5.82 Å². The van der Waals surface area contributed by atoms with Gasteiger partial charge in [-0.05, 0) is 32.0 Å². The predicted molar refractivity (Wildman–Crippen MR) is 86.9 cm³/mol. The molecule has 0 aliphatic carbocycles. The number of anilines is 1. The molecule has 21 heavy (non-hydrogen) atoms. The quantitative estimate of drug-likeness (QED) is 0.717. The number of nitrogens with one attached hydrogen (secondary N) is 1. The third-order valence-electron chi connectivity index (χ3n) is 3.55. The maximum atomic E-state index is 5.26. The topological polar surface area (TPSA) is 46.6 Å². The zero-order valence-electron chi connectivity index (χ0n) is 13.9. The second-order valence-electron chi connectivity index (χ2n) is 5.22. The summed E-state index contributed by atoms with van der Waals surface area (Å²) in [7, 11) is 3.44. The summed E-state index contributed by atoms with van der Waals surface area (Å²) in [6.07, 6.45) is 1.95. The molecule has 0 aliphatic heterocycles. The minimum absolute atomic E-state index is 0.259. The summed E-state index contributed by atoms with van der Waals surface area (Å²) in [5.41, 5.74) is 1.20. The molecule has 5 nitrogen and oxygen atoms in total. The molecule has 1 aromatic heterocycles. The van der Waals surface area contributed by atoms with Crippen LogP contribution < -0.4 is 10.2 Å². The van der Waals surface area contributed by atoms with E-state index in [2.05, 4.69) is 48.1 Å². The van der Waals surface area contributed by atoms with E-state index in [1.807, 2.05) is 6.20 Å². The van der Waals surface area contributed by atoms with Crippen LogP contribution in [0.3, 0.4) is 0 Å². The lowest BCUT2D eigenvalue weighted by atomic mass is 10.1. The molecule has 0 saturated heterocycles. The highest BCUT2D eigenvalue weighted by Gasteiger charge is 2.16. The van der Waals surface area contributed by atoms with Crippen LogP contribution in [-0.4, -0.2) is 51.5 Å². The number of ether oxygens (including phenoxy) is 2. The third kappa shape index (κ3) is 5.61. The van der Waals surface area contributed by atoms with Crippen LogP contribution in [0, 0.1) is 0 Å². The molecule has 0 radical (unpaired) electrons. The maximum Gasteiger partial charge on any atom is 0.128 e. The van der Waals surface area contributed by atoms with Crippen molar-refractivity contribution < 1.29 is 9.47 Å². The molecule has 0 amide bonds. The molecular formula is C16H29N3O2. The van der Waals surface area contributed by atoms with Gasteiger partial charge in [0, 0.05) is 33.0 Å². The van der Waals surface area contributed by atoms with Crippen LogP contribution in [0.2, 0.25) is 0 Å². The summed E-state index contributed by atoms with van der Waals surface area (Å²) in [5, 5.41) is 3.39. The highest BCUT2D eigenvalue weighted by atomic mass is 16.5. The summed E-state index contributed by atoms with van der Waals surface area (Å²) in [6.45, 7) is 9.49. The van der Waals surface area contributed by atoms with E-state index in [1.54, 1.807) is 14.2 Å². The van der Waals surface area contributed by atoms with Crippen LogP contribution >= 0.6 is 0 Å². The lowest BCUT2D eigenvalue weighted by molar-refractivity contribution is 0.170. The minimum Gasteiger partial charge on any atom is -0.383 e. The van der Waals surface area contributed by atoms with Crippen molar-refractivity contribution >= 4 is 5.82 Å². The van der Waals surface area contributed by atoms with E-state index >= 15 is 0 Å². The van der Waals surface area contributed by atoms with Crippen molar-refractivity contribution in [2.75, 3.05) is 45.4 Å². The first-order valence-electron chi connectivity index (χ1n) is 7.57. The van der Waals surface area contributed by atoms with Crippen molar-refractivity contribution in [1.82, 2.24) is 10.3 Å². The van der Waals surface area contributed by atoms with Gasteiger partial charge in [-0.25, -0.2) is 4.98 Å². The molecule has 0 fully saturated rings. The molecule has 2 atom stereocenters. The van der Waals surface area contributed by atoms with Gasteiger partial charge in [0.15, 0.2) is 0 Å². The Labute approximate surface area is 128 Å². The smallest absolute Gasteiger partial charge is 0.128 e. The zero-order chi connectivity index (χ0) is 15.7. The summed E-state index contributed by atoms with van der Waals surface area (Å²) < 4.78 is 10.5. The first-order chi connectivity index (χ1) is 10.1. The van der Waals surface area contributed by atoms with Crippen LogP contribution in [0.4, 0.5) is 5.82 Å². The largest absolute Gasteiger partial charge is 0.383 e. The van der Waals surface area contributed by atoms with Gasteiger partial charge in [0.25, 0.3) is 0 Å². The summed E-state index contributed by atoms with van der Waals surface area (Å²) in [4.78, 5) is 6.83. The van der Waals surface area contributed by atoms with E-state index in [-0.39, 0.29) is 6.04 Å². The second-order valence-corrected chi connectivity index (χ2v) is 5.22. The average molecular weight is 295 g/mol. The van der Waals surface area contributed by atoms with E-state index in [0.29, 0.717) is 19.3 Å². The van der Waals surface area contributed by atoms with Gasteiger partial charge in [-0.15, -0.1) is 0 Å². The SMILES string of the molecule is CCNC(C)c1ccc(N(CCOC)C(C)COC)nc1. The molecule has 120 valence electrons. The van der Waals surface area contributed by atoms with Gasteiger partial charge in [0.2, 0.25) is 0 Å². The van der Waals surface area contributed by atoms with E-state index < -0.39 is 0 Å².